The van der Waals surface area contributed by atoms with Crippen LogP contribution in [0.15, 0.2) is 36.4 Å². The Bertz CT molecular complexity index is 679. The number of carbonyl (C=O) groups is 1. The highest BCUT2D eigenvalue weighted by atomic mass is 35.5. The van der Waals surface area contributed by atoms with Crippen molar-refractivity contribution >= 4 is 17.5 Å². The van der Waals surface area contributed by atoms with Crippen molar-refractivity contribution < 1.29 is 4.79 Å². The first kappa shape index (κ1) is 15.6. The number of hydrogen-bond donors (Lipinski definition) is 1. The third kappa shape index (κ3) is 3.45. The van der Waals surface area contributed by atoms with Gasteiger partial charge >= 0.3 is 0 Å². The molecule has 0 aliphatic heterocycles. The van der Waals surface area contributed by atoms with Gasteiger partial charge < -0.3 is 5.32 Å². The van der Waals surface area contributed by atoms with E-state index >= 15 is 0 Å². The van der Waals surface area contributed by atoms with Crippen molar-refractivity contribution in [2.75, 3.05) is 0 Å². The predicted molar refractivity (Wildman–Crippen MR) is 88.0 cm³/mol. The van der Waals surface area contributed by atoms with Crippen molar-refractivity contribution in [2.45, 2.75) is 33.7 Å². The van der Waals surface area contributed by atoms with Crippen molar-refractivity contribution in [3.8, 4) is 0 Å². The van der Waals surface area contributed by atoms with Crippen LogP contribution in [0.3, 0.4) is 0 Å². The summed E-state index contributed by atoms with van der Waals surface area (Å²) < 4.78 is 0. The molecule has 1 atom stereocenters. The van der Waals surface area contributed by atoms with Crippen LogP contribution < -0.4 is 5.32 Å². The second-order valence-corrected chi connectivity index (χ2v) is 5.88. The Kier molecular flexibility index (Phi) is 4.69. The first-order chi connectivity index (χ1) is 9.90. The van der Waals surface area contributed by atoms with Crippen LogP contribution in [-0.4, -0.2) is 5.91 Å². The van der Waals surface area contributed by atoms with Crippen LogP contribution >= 0.6 is 11.6 Å². The van der Waals surface area contributed by atoms with E-state index in [1.165, 1.54) is 16.7 Å². The Hall–Kier alpha value is -1.80. The second kappa shape index (κ2) is 6.31. The largest absolute Gasteiger partial charge is 0.345 e. The molecule has 110 valence electrons. The quantitative estimate of drug-likeness (QED) is 0.870. The van der Waals surface area contributed by atoms with Crippen molar-refractivity contribution in [3.63, 3.8) is 0 Å². The average Bonchev–Trinajstić information content (AvgIpc) is 2.43. The molecule has 2 aromatic rings. The van der Waals surface area contributed by atoms with Gasteiger partial charge in [-0.05, 0) is 62.1 Å². The van der Waals surface area contributed by atoms with Gasteiger partial charge in [0.05, 0.1) is 16.6 Å². The minimum absolute atomic E-state index is 0.0620. The molecule has 0 aromatic heterocycles. The molecule has 0 aliphatic carbocycles. The van der Waals surface area contributed by atoms with Gasteiger partial charge in [-0.2, -0.15) is 0 Å². The number of carbonyl (C=O) groups excluding carboxylic acids is 1. The summed E-state index contributed by atoms with van der Waals surface area (Å²) in [6, 6.07) is 11.3. The van der Waals surface area contributed by atoms with E-state index in [9.17, 15) is 4.79 Å². The number of amides is 1. The normalized spacial score (nSPS) is 12.0. The first-order valence-corrected chi connectivity index (χ1v) is 7.41. The molecular formula is C18H20ClNO. The molecule has 1 N–H and O–H groups in total. The maximum Gasteiger partial charge on any atom is 0.253 e. The zero-order valence-corrected chi connectivity index (χ0v) is 13.6. The number of halogens is 1. The highest BCUT2D eigenvalue weighted by Crippen LogP contribution is 2.23. The zero-order valence-electron chi connectivity index (χ0n) is 12.8. The monoisotopic (exact) mass is 301 g/mol. The van der Waals surface area contributed by atoms with E-state index in [2.05, 4.69) is 38.2 Å². The Morgan fingerprint density at radius 1 is 1.05 bits per heavy atom. The Balaban J connectivity index is 2.22. The lowest BCUT2D eigenvalue weighted by Gasteiger charge is -2.18. The molecule has 21 heavy (non-hydrogen) atoms. The summed E-state index contributed by atoms with van der Waals surface area (Å²) in [6.07, 6.45) is 0. The third-order valence-corrected chi connectivity index (χ3v) is 4.14. The molecule has 0 heterocycles. The van der Waals surface area contributed by atoms with Crippen molar-refractivity contribution in [1.29, 1.82) is 0 Å². The van der Waals surface area contributed by atoms with Gasteiger partial charge in [0.15, 0.2) is 0 Å². The van der Waals surface area contributed by atoms with Crippen LogP contribution in [0.2, 0.25) is 5.02 Å². The molecule has 2 rings (SSSR count). The fraction of sp³-hybridized carbons (Fsp3) is 0.278. The molecule has 1 amide bonds. The molecular weight excluding hydrogens is 282 g/mol. The third-order valence-electron chi connectivity index (χ3n) is 3.81. The molecule has 0 saturated carbocycles. The fourth-order valence-corrected chi connectivity index (χ4v) is 2.67. The van der Waals surface area contributed by atoms with E-state index in [1.54, 1.807) is 12.1 Å². The summed E-state index contributed by atoms with van der Waals surface area (Å²) >= 11 is 6.07. The van der Waals surface area contributed by atoms with Gasteiger partial charge in [0.2, 0.25) is 0 Å². The SMILES string of the molecule is Cc1cc(C)c([C@@H](C)NC(=O)c2ccccc2Cl)cc1C. The average molecular weight is 302 g/mol. The number of hydrogen-bond acceptors (Lipinski definition) is 1. The Labute approximate surface area is 131 Å². The lowest BCUT2D eigenvalue weighted by Crippen LogP contribution is -2.27. The highest BCUT2D eigenvalue weighted by molar-refractivity contribution is 6.33. The van der Waals surface area contributed by atoms with Gasteiger partial charge in [-0.15, -0.1) is 0 Å². The van der Waals surface area contributed by atoms with Crippen molar-refractivity contribution in [2.24, 2.45) is 0 Å². The second-order valence-electron chi connectivity index (χ2n) is 5.47. The van der Waals surface area contributed by atoms with Crippen LogP contribution in [-0.2, 0) is 0 Å². The summed E-state index contributed by atoms with van der Waals surface area (Å²) in [7, 11) is 0. The highest BCUT2D eigenvalue weighted by Gasteiger charge is 2.15. The minimum atomic E-state index is -0.147. The van der Waals surface area contributed by atoms with E-state index in [-0.39, 0.29) is 11.9 Å². The van der Waals surface area contributed by atoms with E-state index < -0.39 is 0 Å². The van der Waals surface area contributed by atoms with Crippen molar-refractivity contribution in [3.05, 3.63) is 69.2 Å². The molecule has 2 nitrogen and oxygen atoms in total. The maximum atomic E-state index is 12.3. The standard InChI is InChI=1S/C18H20ClNO/c1-11-9-13(3)16(10-12(11)2)14(4)20-18(21)15-7-5-6-8-17(15)19/h5-10,14H,1-4H3,(H,20,21)/t14-/m1/s1. The van der Waals surface area contributed by atoms with E-state index in [0.29, 0.717) is 10.6 Å². The van der Waals surface area contributed by atoms with Crippen molar-refractivity contribution in [1.82, 2.24) is 5.32 Å². The summed E-state index contributed by atoms with van der Waals surface area (Å²) in [5.41, 5.74) is 5.33. The molecule has 2 aromatic carbocycles. The Morgan fingerprint density at radius 3 is 2.33 bits per heavy atom. The number of benzene rings is 2. The van der Waals surface area contributed by atoms with Crippen LogP contribution in [0.25, 0.3) is 0 Å². The smallest absolute Gasteiger partial charge is 0.253 e. The number of nitrogens with one attached hydrogen (secondary N) is 1. The molecule has 0 radical (unpaired) electrons. The fourth-order valence-electron chi connectivity index (χ4n) is 2.45. The predicted octanol–water partition coefficient (Wildman–Crippen LogP) is 4.76. The van der Waals surface area contributed by atoms with Gasteiger partial charge in [-0.3, -0.25) is 4.79 Å². The number of aryl methyl sites for hydroxylation is 3. The zero-order chi connectivity index (χ0) is 15.6. The number of rotatable bonds is 3. The molecule has 0 fully saturated rings. The summed E-state index contributed by atoms with van der Waals surface area (Å²) in [5, 5.41) is 3.49. The lowest BCUT2D eigenvalue weighted by molar-refractivity contribution is 0.0940. The summed E-state index contributed by atoms with van der Waals surface area (Å²) in [5.74, 6) is -0.147. The van der Waals surface area contributed by atoms with Gasteiger partial charge in [-0.25, -0.2) is 0 Å². The van der Waals surface area contributed by atoms with E-state index in [4.69, 9.17) is 11.6 Å². The van der Waals surface area contributed by atoms with E-state index in [0.717, 1.165) is 5.56 Å². The van der Waals surface area contributed by atoms with Crippen LogP contribution in [0.4, 0.5) is 0 Å². The first-order valence-electron chi connectivity index (χ1n) is 7.03. The van der Waals surface area contributed by atoms with E-state index in [1.807, 2.05) is 19.1 Å². The molecule has 0 saturated heterocycles. The minimum Gasteiger partial charge on any atom is -0.345 e. The molecule has 0 spiro atoms. The molecule has 0 unspecified atom stereocenters. The molecule has 0 aliphatic rings. The maximum absolute atomic E-state index is 12.3. The topological polar surface area (TPSA) is 29.1 Å². The van der Waals surface area contributed by atoms with Gasteiger partial charge in [0, 0.05) is 0 Å². The van der Waals surface area contributed by atoms with Crippen LogP contribution in [0.1, 0.15) is 45.6 Å². The summed E-state index contributed by atoms with van der Waals surface area (Å²) in [4.78, 5) is 12.3. The van der Waals surface area contributed by atoms with Gasteiger partial charge in [0.1, 0.15) is 0 Å². The van der Waals surface area contributed by atoms with Crippen LogP contribution in [0.5, 0.6) is 0 Å². The van der Waals surface area contributed by atoms with Crippen LogP contribution in [0, 0.1) is 20.8 Å². The molecule has 3 heteroatoms. The Morgan fingerprint density at radius 2 is 1.67 bits per heavy atom. The van der Waals surface area contributed by atoms with Gasteiger partial charge in [-0.1, -0.05) is 35.9 Å². The van der Waals surface area contributed by atoms with Gasteiger partial charge in [0.25, 0.3) is 5.91 Å². The lowest BCUT2D eigenvalue weighted by atomic mass is 9.96. The summed E-state index contributed by atoms with van der Waals surface area (Å²) in [6.45, 7) is 8.24. The molecule has 0 bridgehead atoms.